The van der Waals surface area contributed by atoms with Crippen LogP contribution in [0.15, 0.2) is 39.2 Å². The molecule has 0 radical (unpaired) electrons. The highest BCUT2D eigenvalue weighted by molar-refractivity contribution is 9.10. The predicted octanol–water partition coefficient (Wildman–Crippen LogP) is 3.76. The zero-order valence-corrected chi connectivity index (χ0v) is 13.4. The number of nitrogens with one attached hydrogen (secondary N) is 1. The maximum absolute atomic E-state index is 13.0. The van der Waals surface area contributed by atoms with Crippen LogP contribution in [0.3, 0.4) is 0 Å². The molecule has 0 aliphatic heterocycles. The van der Waals surface area contributed by atoms with Crippen molar-refractivity contribution in [2.75, 3.05) is 6.54 Å². The van der Waals surface area contributed by atoms with Gasteiger partial charge in [-0.3, -0.25) is 0 Å². The molecular formula is C14H17BrFNO2S. The van der Waals surface area contributed by atoms with E-state index in [1.807, 2.05) is 0 Å². The van der Waals surface area contributed by atoms with Gasteiger partial charge in [0.1, 0.15) is 5.82 Å². The van der Waals surface area contributed by atoms with Gasteiger partial charge >= 0.3 is 0 Å². The van der Waals surface area contributed by atoms with Crippen molar-refractivity contribution in [2.45, 2.75) is 37.0 Å². The minimum Gasteiger partial charge on any atom is -0.211 e. The van der Waals surface area contributed by atoms with E-state index in [1.165, 1.54) is 24.5 Å². The van der Waals surface area contributed by atoms with Crippen molar-refractivity contribution in [2.24, 2.45) is 0 Å². The number of benzene rings is 1. The number of allylic oxidation sites excluding steroid dienone is 1. The Labute approximate surface area is 127 Å². The van der Waals surface area contributed by atoms with Crippen LogP contribution >= 0.6 is 15.9 Å². The maximum Gasteiger partial charge on any atom is 0.241 e. The third kappa shape index (κ3) is 4.14. The van der Waals surface area contributed by atoms with E-state index in [2.05, 4.69) is 26.7 Å². The highest BCUT2D eigenvalue weighted by Crippen LogP contribution is 2.23. The summed E-state index contributed by atoms with van der Waals surface area (Å²) in [7, 11) is -3.60. The quantitative estimate of drug-likeness (QED) is 0.811. The second kappa shape index (κ2) is 6.83. The molecule has 3 nitrogen and oxygen atoms in total. The molecule has 1 aliphatic rings. The largest absolute Gasteiger partial charge is 0.241 e. The lowest BCUT2D eigenvalue weighted by Crippen LogP contribution is -2.25. The fraction of sp³-hybridized carbons (Fsp3) is 0.429. The topological polar surface area (TPSA) is 46.2 Å². The van der Waals surface area contributed by atoms with E-state index in [0.29, 0.717) is 6.54 Å². The van der Waals surface area contributed by atoms with Gasteiger partial charge in [-0.2, -0.15) is 0 Å². The first-order valence-corrected chi connectivity index (χ1v) is 8.89. The average molecular weight is 362 g/mol. The van der Waals surface area contributed by atoms with Crippen molar-refractivity contribution in [3.8, 4) is 0 Å². The normalized spacial score (nSPS) is 16.0. The molecule has 20 heavy (non-hydrogen) atoms. The van der Waals surface area contributed by atoms with Crippen LogP contribution in [0.2, 0.25) is 0 Å². The lowest BCUT2D eigenvalue weighted by atomic mass is 9.97. The molecule has 1 N–H and O–H groups in total. The first-order valence-electron chi connectivity index (χ1n) is 6.62. The summed E-state index contributed by atoms with van der Waals surface area (Å²) in [6.07, 6.45) is 7.48. The summed E-state index contributed by atoms with van der Waals surface area (Å²) in [4.78, 5) is 0.0662. The second-order valence-electron chi connectivity index (χ2n) is 4.83. The van der Waals surface area contributed by atoms with Crippen molar-refractivity contribution in [1.29, 1.82) is 0 Å². The zero-order valence-electron chi connectivity index (χ0n) is 11.0. The Morgan fingerprint density at radius 1 is 1.30 bits per heavy atom. The van der Waals surface area contributed by atoms with E-state index >= 15 is 0 Å². The first kappa shape index (κ1) is 15.7. The van der Waals surface area contributed by atoms with Gasteiger partial charge in [-0.05, 0) is 66.2 Å². The van der Waals surface area contributed by atoms with Crippen LogP contribution in [-0.2, 0) is 10.0 Å². The second-order valence-corrected chi connectivity index (χ2v) is 7.42. The van der Waals surface area contributed by atoms with Crippen molar-refractivity contribution in [1.82, 2.24) is 4.72 Å². The minimum atomic E-state index is -3.60. The van der Waals surface area contributed by atoms with E-state index < -0.39 is 15.8 Å². The van der Waals surface area contributed by atoms with Gasteiger partial charge in [-0.25, -0.2) is 17.5 Å². The van der Waals surface area contributed by atoms with E-state index in [0.717, 1.165) is 31.4 Å². The van der Waals surface area contributed by atoms with Gasteiger partial charge in [-0.1, -0.05) is 11.6 Å². The van der Waals surface area contributed by atoms with Crippen LogP contribution < -0.4 is 4.72 Å². The molecular weight excluding hydrogens is 345 g/mol. The maximum atomic E-state index is 13.0. The van der Waals surface area contributed by atoms with Gasteiger partial charge in [0.15, 0.2) is 0 Å². The molecule has 0 spiro atoms. The van der Waals surface area contributed by atoms with E-state index in [-0.39, 0.29) is 9.37 Å². The predicted molar refractivity (Wildman–Crippen MR) is 80.5 cm³/mol. The highest BCUT2D eigenvalue weighted by atomic mass is 79.9. The van der Waals surface area contributed by atoms with Crippen LogP contribution in [0.5, 0.6) is 0 Å². The molecule has 6 heteroatoms. The molecule has 0 heterocycles. The first-order chi connectivity index (χ1) is 9.49. The van der Waals surface area contributed by atoms with E-state index in [9.17, 15) is 12.8 Å². The molecule has 0 bridgehead atoms. The summed E-state index contributed by atoms with van der Waals surface area (Å²) in [5.74, 6) is -0.469. The lowest BCUT2D eigenvalue weighted by Gasteiger charge is -2.13. The molecule has 0 amide bonds. The molecule has 0 aromatic heterocycles. The Morgan fingerprint density at radius 2 is 2.10 bits per heavy atom. The van der Waals surface area contributed by atoms with Gasteiger partial charge in [0.05, 0.1) is 4.90 Å². The summed E-state index contributed by atoms with van der Waals surface area (Å²) < 4.78 is 40.0. The smallest absolute Gasteiger partial charge is 0.211 e. The molecule has 0 atom stereocenters. The fourth-order valence-electron chi connectivity index (χ4n) is 2.25. The molecule has 0 fully saturated rings. The Bertz CT molecular complexity index is 614. The monoisotopic (exact) mass is 361 g/mol. The summed E-state index contributed by atoms with van der Waals surface area (Å²) in [6, 6.07) is 3.56. The third-order valence-corrected chi connectivity index (χ3v) is 5.74. The minimum absolute atomic E-state index is 0.0662. The van der Waals surface area contributed by atoms with Crippen molar-refractivity contribution in [3.05, 3.63) is 40.1 Å². The van der Waals surface area contributed by atoms with Crippen LogP contribution in [0.4, 0.5) is 4.39 Å². The van der Waals surface area contributed by atoms with Crippen molar-refractivity contribution >= 4 is 26.0 Å². The molecule has 0 unspecified atom stereocenters. The Hall–Kier alpha value is -0.720. The van der Waals surface area contributed by atoms with Gasteiger partial charge in [0.2, 0.25) is 10.0 Å². The SMILES string of the molecule is O=S(=O)(NCCC1=CCCCC1)c1ccc(F)cc1Br. The van der Waals surface area contributed by atoms with Gasteiger partial charge < -0.3 is 0 Å². The number of halogens is 2. The van der Waals surface area contributed by atoms with Crippen molar-refractivity contribution in [3.63, 3.8) is 0 Å². The summed E-state index contributed by atoms with van der Waals surface area (Å²) in [5.41, 5.74) is 1.32. The average Bonchev–Trinajstić information content (AvgIpc) is 2.39. The fourth-order valence-corrected chi connectivity index (χ4v) is 4.33. The molecule has 0 saturated carbocycles. The Kier molecular flexibility index (Phi) is 5.35. The van der Waals surface area contributed by atoms with Gasteiger partial charge in [-0.15, -0.1) is 0 Å². The molecule has 1 aromatic rings. The molecule has 1 aromatic carbocycles. The molecule has 1 aliphatic carbocycles. The summed E-state index contributed by atoms with van der Waals surface area (Å²) in [6.45, 7) is 0.373. The highest BCUT2D eigenvalue weighted by Gasteiger charge is 2.17. The summed E-state index contributed by atoms with van der Waals surface area (Å²) >= 11 is 3.08. The van der Waals surface area contributed by atoms with Crippen LogP contribution in [0, 0.1) is 5.82 Å². The number of hydrogen-bond acceptors (Lipinski definition) is 2. The molecule has 110 valence electrons. The van der Waals surface area contributed by atoms with Crippen LogP contribution in [-0.4, -0.2) is 15.0 Å². The summed E-state index contributed by atoms with van der Waals surface area (Å²) in [5, 5.41) is 0. The zero-order chi connectivity index (χ0) is 14.6. The lowest BCUT2D eigenvalue weighted by molar-refractivity contribution is 0.578. The number of sulfonamides is 1. The standard InChI is InChI=1S/C14H17BrFNO2S/c15-13-10-12(16)6-7-14(13)20(18,19)17-9-8-11-4-2-1-3-5-11/h4,6-7,10,17H,1-3,5,8-9H2. The Morgan fingerprint density at radius 3 is 2.75 bits per heavy atom. The van der Waals surface area contributed by atoms with Crippen LogP contribution in [0.25, 0.3) is 0 Å². The Balaban J connectivity index is 1.98. The number of rotatable bonds is 5. The van der Waals surface area contributed by atoms with E-state index in [1.54, 1.807) is 0 Å². The van der Waals surface area contributed by atoms with Gasteiger partial charge in [0, 0.05) is 11.0 Å². The number of hydrogen-bond donors (Lipinski definition) is 1. The van der Waals surface area contributed by atoms with Gasteiger partial charge in [0.25, 0.3) is 0 Å². The van der Waals surface area contributed by atoms with E-state index in [4.69, 9.17) is 0 Å². The third-order valence-electron chi connectivity index (χ3n) is 3.31. The van der Waals surface area contributed by atoms with Crippen LogP contribution in [0.1, 0.15) is 32.1 Å². The molecule has 0 saturated heterocycles. The molecule has 2 rings (SSSR count). The van der Waals surface area contributed by atoms with Crippen molar-refractivity contribution < 1.29 is 12.8 Å².